The molecule has 0 radical (unpaired) electrons. The lowest BCUT2D eigenvalue weighted by Gasteiger charge is -2.34. The third kappa shape index (κ3) is 2.81. The predicted molar refractivity (Wildman–Crippen MR) is 73.0 cm³/mol. The van der Waals surface area contributed by atoms with Gasteiger partial charge in [0.15, 0.2) is 0 Å². The molecule has 2 unspecified atom stereocenters. The highest BCUT2D eigenvalue weighted by molar-refractivity contribution is 5.92. The zero-order valence-corrected chi connectivity index (χ0v) is 12.0. The van der Waals surface area contributed by atoms with Crippen LogP contribution in [0.3, 0.4) is 0 Å². The summed E-state index contributed by atoms with van der Waals surface area (Å²) >= 11 is 0. The number of aliphatic hydroxyl groups is 1. The Bertz CT molecular complexity index is 456. The third-order valence-electron chi connectivity index (χ3n) is 3.86. The molecule has 2 rings (SSSR count). The Morgan fingerprint density at radius 1 is 1.53 bits per heavy atom. The lowest BCUT2D eigenvalue weighted by molar-refractivity contribution is 0.0290. The first-order valence-corrected chi connectivity index (χ1v) is 7.10. The molecular formula is C14H23N3O2. The van der Waals surface area contributed by atoms with Gasteiger partial charge < -0.3 is 10.0 Å². The van der Waals surface area contributed by atoms with E-state index in [1.165, 1.54) is 0 Å². The first-order chi connectivity index (χ1) is 9.06. The summed E-state index contributed by atoms with van der Waals surface area (Å²) in [5, 5.41) is 14.2. The molecule has 2 atom stereocenters. The number of hydrogen-bond acceptors (Lipinski definition) is 3. The largest absolute Gasteiger partial charge is 0.393 e. The molecule has 106 valence electrons. The van der Waals surface area contributed by atoms with Crippen molar-refractivity contribution in [2.45, 2.75) is 46.3 Å². The van der Waals surface area contributed by atoms with Crippen molar-refractivity contribution in [2.75, 3.05) is 13.1 Å². The van der Waals surface area contributed by atoms with Crippen LogP contribution < -0.4 is 0 Å². The van der Waals surface area contributed by atoms with Gasteiger partial charge in [0, 0.05) is 19.6 Å². The molecule has 0 spiro atoms. The number of carbonyl (C=O) groups excluding carboxylic acids is 1. The SMILES string of the molecule is CCc1cc(C(=O)N2CCC(O)C(C)C2)n(CC)n1. The minimum Gasteiger partial charge on any atom is -0.393 e. The molecule has 19 heavy (non-hydrogen) atoms. The number of rotatable bonds is 3. The lowest BCUT2D eigenvalue weighted by Crippen LogP contribution is -2.45. The molecular weight excluding hydrogens is 242 g/mol. The van der Waals surface area contributed by atoms with Crippen molar-refractivity contribution >= 4 is 5.91 Å². The zero-order chi connectivity index (χ0) is 14.0. The molecule has 1 aliphatic heterocycles. The maximum Gasteiger partial charge on any atom is 0.272 e. The van der Waals surface area contributed by atoms with Crippen LogP contribution in [0, 0.1) is 5.92 Å². The minimum atomic E-state index is -0.286. The van der Waals surface area contributed by atoms with Gasteiger partial charge in [0.1, 0.15) is 5.69 Å². The summed E-state index contributed by atoms with van der Waals surface area (Å²) in [6, 6.07) is 1.89. The Kier molecular flexibility index (Phi) is 4.24. The molecule has 2 heterocycles. The van der Waals surface area contributed by atoms with Crippen LogP contribution in [0.2, 0.25) is 0 Å². The molecule has 1 fully saturated rings. The number of carbonyl (C=O) groups is 1. The van der Waals surface area contributed by atoms with E-state index in [1.807, 2.05) is 31.7 Å². The normalized spacial score (nSPS) is 23.7. The molecule has 1 aromatic rings. The van der Waals surface area contributed by atoms with Crippen LogP contribution in [-0.2, 0) is 13.0 Å². The highest BCUT2D eigenvalue weighted by atomic mass is 16.3. The molecule has 5 heteroatoms. The van der Waals surface area contributed by atoms with E-state index in [2.05, 4.69) is 5.10 Å². The number of hydrogen-bond donors (Lipinski definition) is 1. The smallest absolute Gasteiger partial charge is 0.272 e. The average molecular weight is 265 g/mol. The van der Waals surface area contributed by atoms with Crippen LogP contribution >= 0.6 is 0 Å². The van der Waals surface area contributed by atoms with Crippen LogP contribution in [0.5, 0.6) is 0 Å². The lowest BCUT2D eigenvalue weighted by atomic mass is 9.96. The maximum absolute atomic E-state index is 12.5. The first-order valence-electron chi connectivity index (χ1n) is 7.10. The number of nitrogens with zero attached hydrogens (tertiary/aromatic N) is 3. The molecule has 1 saturated heterocycles. The summed E-state index contributed by atoms with van der Waals surface area (Å²) in [6.07, 6.45) is 1.21. The highest BCUT2D eigenvalue weighted by Crippen LogP contribution is 2.19. The van der Waals surface area contributed by atoms with E-state index in [0.29, 0.717) is 31.7 Å². The van der Waals surface area contributed by atoms with Crippen molar-refractivity contribution < 1.29 is 9.90 Å². The summed E-state index contributed by atoms with van der Waals surface area (Å²) in [5.74, 6) is 0.175. The second-order valence-corrected chi connectivity index (χ2v) is 5.27. The number of aliphatic hydroxyl groups excluding tert-OH is 1. The molecule has 5 nitrogen and oxygen atoms in total. The molecule has 0 saturated carbocycles. The Morgan fingerprint density at radius 2 is 2.26 bits per heavy atom. The van der Waals surface area contributed by atoms with E-state index in [-0.39, 0.29) is 17.9 Å². The second kappa shape index (κ2) is 5.74. The molecule has 0 bridgehead atoms. The third-order valence-corrected chi connectivity index (χ3v) is 3.86. The quantitative estimate of drug-likeness (QED) is 0.896. The van der Waals surface area contributed by atoms with Gasteiger partial charge in [-0.25, -0.2) is 0 Å². The van der Waals surface area contributed by atoms with Gasteiger partial charge in [0.05, 0.1) is 11.8 Å². The molecule has 1 N–H and O–H groups in total. The van der Waals surface area contributed by atoms with Gasteiger partial charge in [-0.3, -0.25) is 9.48 Å². The van der Waals surface area contributed by atoms with Crippen LogP contribution in [0.4, 0.5) is 0 Å². The van der Waals surface area contributed by atoms with Gasteiger partial charge in [0.25, 0.3) is 5.91 Å². The molecule has 0 aromatic carbocycles. The van der Waals surface area contributed by atoms with Crippen LogP contribution in [-0.4, -0.2) is 44.9 Å². The summed E-state index contributed by atoms with van der Waals surface area (Å²) < 4.78 is 1.77. The van der Waals surface area contributed by atoms with Crippen molar-refractivity contribution in [1.29, 1.82) is 0 Å². The van der Waals surface area contributed by atoms with E-state index in [4.69, 9.17) is 0 Å². The van der Waals surface area contributed by atoms with Gasteiger partial charge in [-0.05, 0) is 31.7 Å². The Hall–Kier alpha value is -1.36. The summed E-state index contributed by atoms with van der Waals surface area (Å²) in [5.41, 5.74) is 1.62. The average Bonchev–Trinajstić information content (AvgIpc) is 2.84. The zero-order valence-electron chi connectivity index (χ0n) is 12.0. The van der Waals surface area contributed by atoms with E-state index < -0.39 is 0 Å². The molecule has 1 amide bonds. The monoisotopic (exact) mass is 265 g/mol. The van der Waals surface area contributed by atoms with E-state index in [9.17, 15) is 9.90 Å². The van der Waals surface area contributed by atoms with E-state index >= 15 is 0 Å². The second-order valence-electron chi connectivity index (χ2n) is 5.27. The van der Waals surface area contributed by atoms with Gasteiger partial charge in [-0.1, -0.05) is 13.8 Å². The Morgan fingerprint density at radius 3 is 2.84 bits per heavy atom. The number of likely N-dealkylation sites (tertiary alicyclic amines) is 1. The fourth-order valence-electron chi connectivity index (χ4n) is 2.54. The first kappa shape index (κ1) is 14.1. The summed E-state index contributed by atoms with van der Waals surface area (Å²) in [7, 11) is 0. The van der Waals surface area contributed by atoms with Gasteiger partial charge in [0.2, 0.25) is 0 Å². The fourth-order valence-corrected chi connectivity index (χ4v) is 2.54. The van der Waals surface area contributed by atoms with Crippen molar-refractivity contribution in [3.63, 3.8) is 0 Å². The Balaban J connectivity index is 2.17. The van der Waals surface area contributed by atoms with Crippen molar-refractivity contribution in [3.8, 4) is 0 Å². The van der Waals surface area contributed by atoms with Gasteiger partial charge in [-0.2, -0.15) is 5.10 Å². The number of piperidine rings is 1. The molecule has 1 aromatic heterocycles. The predicted octanol–water partition coefficient (Wildman–Crippen LogP) is 1.31. The van der Waals surface area contributed by atoms with Crippen LogP contribution in [0.1, 0.15) is 43.4 Å². The van der Waals surface area contributed by atoms with E-state index in [1.54, 1.807) is 4.68 Å². The molecule has 0 aliphatic carbocycles. The number of aryl methyl sites for hydroxylation is 2. The summed E-state index contributed by atoms with van der Waals surface area (Å²) in [6.45, 7) is 7.96. The highest BCUT2D eigenvalue weighted by Gasteiger charge is 2.29. The number of aromatic nitrogens is 2. The van der Waals surface area contributed by atoms with Crippen LogP contribution in [0.15, 0.2) is 6.07 Å². The standard InChI is InChI=1S/C14H23N3O2/c1-4-11-8-12(17(5-2)15-11)14(19)16-7-6-13(18)10(3)9-16/h8,10,13,18H,4-7,9H2,1-3H3. The number of amides is 1. The van der Waals surface area contributed by atoms with Crippen LogP contribution in [0.25, 0.3) is 0 Å². The summed E-state index contributed by atoms with van der Waals surface area (Å²) in [4.78, 5) is 14.4. The van der Waals surface area contributed by atoms with Crippen molar-refractivity contribution in [1.82, 2.24) is 14.7 Å². The van der Waals surface area contributed by atoms with E-state index in [0.717, 1.165) is 12.1 Å². The van der Waals surface area contributed by atoms with Crippen molar-refractivity contribution in [3.05, 3.63) is 17.5 Å². The fraction of sp³-hybridized carbons (Fsp3) is 0.714. The molecule has 1 aliphatic rings. The Labute approximate surface area is 114 Å². The minimum absolute atomic E-state index is 0.0350. The van der Waals surface area contributed by atoms with Gasteiger partial charge >= 0.3 is 0 Å². The van der Waals surface area contributed by atoms with Gasteiger partial charge in [-0.15, -0.1) is 0 Å². The van der Waals surface area contributed by atoms with Crippen molar-refractivity contribution in [2.24, 2.45) is 5.92 Å². The topological polar surface area (TPSA) is 58.4 Å². The maximum atomic E-state index is 12.5.